The van der Waals surface area contributed by atoms with E-state index in [1.807, 2.05) is 72.6 Å². The van der Waals surface area contributed by atoms with Gasteiger partial charge in [-0.25, -0.2) is 0 Å². The van der Waals surface area contributed by atoms with Gasteiger partial charge in [-0.2, -0.15) is 0 Å². The summed E-state index contributed by atoms with van der Waals surface area (Å²) in [4.78, 5) is 1.98. The Labute approximate surface area is 120 Å². The van der Waals surface area contributed by atoms with Crippen LogP contribution in [-0.2, 0) is 0 Å². The molecule has 2 rings (SSSR count). The smallest absolute Gasteiger partial charge is 0.0986 e. The van der Waals surface area contributed by atoms with Gasteiger partial charge in [-0.15, -0.1) is 0 Å². The average Bonchev–Trinajstić information content (AvgIpc) is 2.50. The minimum Gasteiger partial charge on any atom is -0.395 e. The molecule has 2 aromatic carbocycles. The number of likely N-dealkylation sites (N-methyl/N-ethyl adjacent to an activating group) is 1. The largest absolute Gasteiger partial charge is 0.395 e. The molecule has 0 radical (unpaired) electrons. The average molecular weight is 271 g/mol. The van der Waals surface area contributed by atoms with Gasteiger partial charge in [0.2, 0.25) is 0 Å². The molecule has 0 saturated carbocycles. The number of nitrogens with zero attached hydrogens (tertiary/aromatic N) is 1. The van der Waals surface area contributed by atoms with Crippen LogP contribution in [0.3, 0.4) is 0 Å². The Balaban J connectivity index is 2.31. The SMILES string of the molecule is CN(CCO)C(c1ccccc1)C(O)c1ccccc1. The number of aliphatic hydroxyl groups is 2. The van der Waals surface area contributed by atoms with E-state index in [0.717, 1.165) is 11.1 Å². The lowest BCUT2D eigenvalue weighted by Crippen LogP contribution is -2.31. The lowest BCUT2D eigenvalue weighted by Gasteiger charge is -2.32. The second-order valence-corrected chi connectivity index (χ2v) is 4.92. The van der Waals surface area contributed by atoms with Crippen molar-refractivity contribution in [2.24, 2.45) is 0 Å². The first-order valence-electron chi connectivity index (χ1n) is 6.83. The van der Waals surface area contributed by atoms with Crippen molar-refractivity contribution in [3.8, 4) is 0 Å². The first-order valence-corrected chi connectivity index (χ1v) is 6.83. The molecule has 2 N–H and O–H groups in total. The van der Waals surface area contributed by atoms with Gasteiger partial charge in [0.05, 0.1) is 18.8 Å². The molecule has 0 fully saturated rings. The monoisotopic (exact) mass is 271 g/mol. The van der Waals surface area contributed by atoms with Crippen molar-refractivity contribution >= 4 is 0 Å². The van der Waals surface area contributed by atoms with Crippen LogP contribution < -0.4 is 0 Å². The Morgan fingerprint density at radius 3 is 1.90 bits per heavy atom. The molecule has 3 heteroatoms. The molecule has 0 amide bonds. The van der Waals surface area contributed by atoms with Gasteiger partial charge >= 0.3 is 0 Å². The highest BCUT2D eigenvalue weighted by atomic mass is 16.3. The Morgan fingerprint density at radius 1 is 0.900 bits per heavy atom. The van der Waals surface area contributed by atoms with Crippen molar-refractivity contribution in [3.63, 3.8) is 0 Å². The molecule has 2 atom stereocenters. The van der Waals surface area contributed by atoms with Crippen molar-refractivity contribution < 1.29 is 10.2 Å². The summed E-state index contributed by atoms with van der Waals surface area (Å²) in [6, 6.07) is 19.4. The van der Waals surface area contributed by atoms with Crippen LogP contribution in [-0.4, -0.2) is 35.3 Å². The van der Waals surface area contributed by atoms with E-state index in [0.29, 0.717) is 6.54 Å². The van der Waals surface area contributed by atoms with Gasteiger partial charge in [-0.3, -0.25) is 4.90 Å². The quantitative estimate of drug-likeness (QED) is 0.848. The van der Waals surface area contributed by atoms with E-state index in [2.05, 4.69) is 0 Å². The highest BCUT2D eigenvalue weighted by Gasteiger charge is 2.26. The van der Waals surface area contributed by atoms with E-state index in [1.165, 1.54) is 0 Å². The summed E-state index contributed by atoms with van der Waals surface area (Å²) in [5.41, 5.74) is 1.92. The number of hydrogen-bond donors (Lipinski definition) is 2. The van der Waals surface area contributed by atoms with Crippen molar-refractivity contribution in [3.05, 3.63) is 71.8 Å². The summed E-state index contributed by atoms with van der Waals surface area (Å²) < 4.78 is 0. The molecule has 0 aliphatic rings. The maximum Gasteiger partial charge on any atom is 0.0986 e. The van der Waals surface area contributed by atoms with E-state index in [-0.39, 0.29) is 12.6 Å². The van der Waals surface area contributed by atoms with Crippen LogP contribution in [0.5, 0.6) is 0 Å². The predicted molar refractivity (Wildman–Crippen MR) is 80.3 cm³/mol. The standard InChI is InChI=1S/C17H21NO2/c1-18(12-13-19)16(14-8-4-2-5-9-14)17(20)15-10-6-3-7-11-15/h2-11,16-17,19-20H,12-13H2,1H3. The van der Waals surface area contributed by atoms with Gasteiger partial charge in [0.25, 0.3) is 0 Å². The van der Waals surface area contributed by atoms with Crippen LogP contribution in [0.1, 0.15) is 23.3 Å². The van der Waals surface area contributed by atoms with Crippen LogP contribution in [0.4, 0.5) is 0 Å². The molecule has 2 aromatic rings. The fraction of sp³-hybridized carbons (Fsp3) is 0.294. The third-order valence-corrected chi connectivity index (χ3v) is 3.51. The molecular weight excluding hydrogens is 250 g/mol. The normalized spacial score (nSPS) is 14.2. The lowest BCUT2D eigenvalue weighted by molar-refractivity contribution is 0.0529. The number of rotatable bonds is 6. The fourth-order valence-corrected chi connectivity index (χ4v) is 2.46. The highest BCUT2D eigenvalue weighted by molar-refractivity contribution is 5.26. The minimum atomic E-state index is -0.629. The second-order valence-electron chi connectivity index (χ2n) is 4.92. The van der Waals surface area contributed by atoms with Crippen LogP contribution in [0.15, 0.2) is 60.7 Å². The number of aliphatic hydroxyl groups excluding tert-OH is 2. The summed E-state index contributed by atoms with van der Waals surface area (Å²) >= 11 is 0. The summed E-state index contributed by atoms with van der Waals surface area (Å²) in [5.74, 6) is 0. The summed E-state index contributed by atoms with van der Waals surface area (Å²) in [5, 5.41) is 19.9. The van der Waals surface area contributed by atoms with Gasteiger partial charge in [-0.05, 0) is 18.2 Å². The van der Waals surface area contributed by atoms with Crippen molar-refractivity contribution in [2.45, 2.75) is 12.1 Å². The zero-order chi connectivity index (χ0) is 14.4. The van der Waals surface area contributed by atoms with Gasteiger partial charge in [0, 0.05) is 6.54 Å². The molecule has 0 aliphatic carbocycles. The summed E-state index contributed by atoms with van der Waals surface area (Å²) in [6.45, 7) is 0.588. The first kappa shape index (κ1) is 14.7. The van der Waals surface area contributed by atoms with E-state index in [4.69, 9.17) is 5.11 Å². The topological polar surface area (TPSA) is 43.7 Å². The van der Waals surface area contributed by atoms with Gasteiger partial charge in [-0.1, -0.05) is 60.7 Å². The van der Waals surface area contributed by atoms with Crippen LogP contribution in [0, 0.1) is 0 Å². The van der Waals surface area contributed by atoms with Crippen molar-refractivity contribution in [1.82, 2.24) is 4.90 Å². The van der Waals surface area contributed by atoms with Crippen molar-refractivity contribution in [1.29, 1.82) is 0 Å². The molecule has 0 aromatic heterocycles. The molecule has 106 valence electrons. The Hall–Kier alpha value is -1.68. The van der Waals surface area contributed by atoms with E-state index in [9.17, 15) is 5.11 Å². The van der Waals surface area contributed by atoms with Crippen LogP contribution in [0.2, 0.25) is 0 Å². The summed E-state index contributed by atoms with van der Waals surface area (Å²) in [7, 11) is 1.92. The fourth-order valence-electron chi connectivity index (χ4n) is 2.46. The lowest BCUT2D eigenvalue weighted by atomic mass is 9.94. The molecule has 2 unspecified atom stereocenters. The minimum absolute atomic E-state index is 0.0708. The van der Waals surface area contributed by atoms with Gasteiger partial charge in [0.1, 0.15) is 0 Å². The predicted octanol–water partition coefficient (Wildman–Crippen LogP) is 2.39. The number of benzene rings is 2. The Morgan fingerprint density at radius 2 is 1.40 bits per heavy atom. The van der Waals surface area contributed by atoms with Gasteiger partial charge < -0.3 is 10.2 Å². The van der Waals surface area contributed by atoms with Crippen LogP contribution >= 0.6 is 0 Å². The molecule has 0 heterocycles. The highest BCUT2D eigenvalue weighted by Crippen LogP contribution is 2.32. The number of hydrogen-bond acceptors (Lipinski definition) is 3. The molecule has 20 heavy (non-hydrogen) atoms. The third kappa shape index (κ3) is 3.45. The zero-order valence-corrected chi connectivity index (χ0v) is 11.7. The summed E-state index contributed by atoms with van der Waals surface area (Å²) in [6.07, 6.45) is -0.629. The second kappa shape index (κ2) is 7.20. The van der Waals surface area contributed by atoms with Crippen LogP contribution in [0.25, 0.3) is 0 Å². The molecular formula is C17H21NO2. The van der Waals surface area contributed by atoms with Crippen molar-refractivity contribution in [2.75, 3.05) is 20.2 Å². The molecule has 0 bridgehead atoms. The maximum atomic E-state index is 10.7. The van der Waals surface area contributed by atoms with E-state index >= 15 is 0 Å². The van der Waals surface area contributed by atoms with Gasteiger partial charge in [0.15, 0.2) is 0 Å². The van der Waals surface area contributed by atoms with E-state index < -0.39 is 6.10 Å². The van der Waals surface area contributed by atoms with E-state index in [1.54, 1.807) is 0 Å². The third-order valence-electron chi connectivity index (χ3n) is 3.51. The Kier molecular flexibility index (Phi) is 5.30. The zero-order valence-electron chi connectivity index (χ0n) is 11.7. The first-order chi connectivity index (χ1) is 9.74. The molecule has 0 saturated heterocycles. The Bertz CT molecular complexity index is 501. The molecule has 0 aliphatic heterocycles. The molecule has 0 spiro atoms. The molecule has 3 nitrogen and oxygen atoms in total. The maximum absolute atomic E-state index is 10.7.